The van der Waals surface area contributed by atoms with E-state index in [-0.39, 0.29) is 54.5 Å². The van der Waals surface area contributed by atoms with Crippen molar-refractivity contribution in [3.8, 4) is 0 Å². The smallest absolute Gasteiger partial charge is 1.00 e. The standard InChI is InChI=1S/C17H24P.C10H15.2ClH.Ti/c1-13(2)11-18(12-14(3)4)17-9-15-7-5-6-8-16(15)10-17;1-3-4-7-10-8-5-6-9(10)2;;;/h5-10,13-14H,11-12H2,1-4H3;5-6,8H,3-4,7H2,1-2H3;2*1H;/q2*-1;;;+4/p-2. The van der Waals surface area contributed by atoms with Crippen LogP contribution in [0, 0.1) is 18.8 Å². The van der Waals surface area contributed by atoms with Gasteiger partial charge >= 0.3 is 21.7 Å². The number of halogens is 2. The number of hydrogen-bond donors (Lipinski definition) is 0. The second-order valence-electron chi connectivity index (χ2n) is 8.87. The Morgan fingerprint density at radius 3 is 2.03 bits per heavy atom. The van der Waals surface area contributed by atoms with Crippen LogP contribution in [0.4, 0.5) is 0 Å². The number of fused-ring (bicyclic) bond motifs is 1. The molecule has 0 nitrogen and oxygen atoms in total. The van der Waals surface area contributed by atoms with Gasteiger partial charge in [-0.25, -0.2) is 12.1 Å². The molecule has 0 saturated carbocycles. The zero-order valence-electron chi connectivity index (χ0n) is 20.1. The van der Waals surface area contributed by atoms with Gasteiger partial charge in [0.15, 0.2) is 0 Å². The maximum atomic E-state index is 2.42. The Hall–Kier alpha value is -0.0957. The summed E-state index contributed by atoms with van der Waals surface area (Å²) in [5.74, 6) is 1.60. The molecule has 31 heavy (non-hydrogen) atoms. The molecule has 0 unspecified atom stereocenters. The van der Waals surface area contributed by atoms with Gasteiger partial charge < -0.3 is 24.8 Å². The average molecular weight is 513 g/mol. The summed E-state index contributed by atoms with van der Waals surface area (Å²) in [5, 5.41) is 4.42. The molecular weight excluding hydrogens is 474 g/mol. The summed E-state index contributed by atoms with van der Waals surface area (Å²) in [5.41, 5.74) is 2.98. The van der Waals surface area contributed by atoms with Gasteiger partial charge in [0, 0.05) is 0 Å². The van der Waals surface area contributed by atoms with Crippen molar-refractivity contribution < 1.29 is 46.5 Å². The molecule has 0 spiro atoms. The Morgan fingerprint density at radius 2 is 1.55 bits per heavy atom. The molecular formula is C27H39Cl2PTi. The molecule has 170 valence electrons. The maximum absolute atomic E-state index is 2.42. The van der Waals surface area contributed by atoms with E-state index in [1.807, 2.05) is 0 Å². The van der Waals surface area contributed by atoms with Crippen molar-refractivity contribution in [2.75, 3.05) is 12.3 Å². The van der Waals surface area contributed by atoms with E-state index in [4.69, 9.17) is 0 Å². The quantitative estimate of drug-likeness (QED) is 0.246. The summed E-state index contributed by atoms with van der Waals surface area (Å²) < 4.78 is 0. The summed E-state index contributed by atoms with van der Waals surface area (Å²) in [7, 11) is 0.0185. The molecule has 3 aromatic carbocycles. The third-order valence-corrected chi connectivity index (χ3v) is 8.42. The molecule has 0 saturated heterocycles. The van der Waals surface area contributed by atoms with Gasteiger partial charge in [0.1, 0.15) is 0 Å². The van der Waals surface area contributed by atoms with Gasteiger partial charge in [0.2, 0.25) is 0 Å². The van der Waals surface area contributed by atoms with E-state index in [0.29, 0.717) is 0 Å². The van der Waals surface area contributed by atoms with Gasteiger partial charge in [-0.1, -0.05) is 74.8 Å². The Kier molecular flexibility index (Phi) is 18.6. The number of benzene rings is 1. The molecule has 0 bridgehead atoms. The third kappa shape index (κ3) is 11.5. The molecule has 4 heteroatoms. The van der Waals surface area contributed by atoms with Crippen LogP contribution in [0.3, 0.4) is 0 Å². The number of hydrogen-bond acceptors (Lipinski definition) is 0. The Labute approximate surface area is 220 Å². The molecule has 0 aromatic heterocycles. The van der Waals surface area contributed by atoms with Crippen molar-refractivity contribution in [2.45, 2.75) is 60.8 Å². The monoisotopic (exact) mass is 512 g/mol. The van der Waals surface area contributed by atoms with E-state index in [9.17, 15) is 0 Å². The summed E-state index contributed by atoms with van der Waals surface area (Å²) in [6.45, 7) is 13.8. The number of unbranched alkanes of at least 4 members (excludes halogenated alkanes) is 1. The predicted molar refractivity (Wildman–Crippen MR) is 131 cm³/mol. The van der Waals surface area contributed by atoms with Crippen LogP contribution in [0.2, 0.25) is 0 Å². The van der Waals surface area contributed by atoms with Crippen LogP contribution in [0.1, 0.15) is 58.6 Å². The van der Waals surface area contributed by atoms with E-state index in [1.165, 1.54) is 53.5 Å². The summed E-state index contributed by atoms with van der Waals surface area (Å²) in [6.07, 6.45) is 6.61. The predicted octanol–water partition coefficient (Wildman–Crippen LogP) is 2.04. The van der Waals surface area contributed by atoms with Crippen molar-refractivity contribution in [3.05, 3.63) is 65.7 Å². The third-order valence-electron chi connectivity index (χ3n) is 5.09. The van der Waals surface area contributed by atoms with E-state index in [2.05, 4.69) is 96.1 Å². The van der Waals surface area contributed by atoms with Crippen molar-refractivity contribution in [2.24, 2.45) is 11.8 Å². The molecule has 0 atom stereocenters. The van der Waals surface area contributed by atoms with Gasteiger partial charge in [-0.05, 0) is 24.2 Å². The molecule has 0 radical (unpaired) electrons. The van der Waals surface area contributed by atoms with Crippen LogP contribution >= 0.6 is 7.92 Å². The first-order valence-corrected chi connectivity index (χ1v) is 12.7. The molecule has 0 N–H and O–H groups in total. The first-order valence-electron chi connectivity index (χ1n) is 11.0. The zero-order valence-corrected chi connectivity index (χ0v) is 24.1. The fraction of sp³-hybridized carbons (Fsp3) is 0.481. The second kappa shape index (κ2) is 17.4. The summed E-state index contributed by atoms with van der Waals surface area (Å²) in [6, 6.07) is 20.1. The van der Waals surface area contributed by atoms with Crippen LogP contribution in [0.5, 0.6) is 0 Å². The number of rotatable bonds is 8. The topological polar surface area (TPSA) is 0 Å². The first kappa shape index (κ1) is 33.1. The van der Waals surface area contributed by atoms with Gasteiger partial charge in [-0.15, -0.1) is 40.3 Å². The molecule has 0 aliphatic heterocycles. The molecule has 3 rings (SSSR count). The normalized spacial score (nSPS) is 10.4. The van der Waals surface area contributed by atoms with Gasteiger partial charge in [0.25, 0.3) is 0 Å². The molecule has 0 aliphatic carbocycles. The minimum Gasteiger partial charge on any atom is -1.00 e. The second-order valence-corrected chi connectivity index (χ2v) is 11.2. The van der Waals surface area contributed by atoms with Crippen LogP contribution < -0.4 is 30.1 Å². The summed E-state index contributed by atoms with van der Waals surface area (Å²) >= 11 is 0. The average Bonchev–Trinajstić information content (AvgIpc) is 3.25. The van der Waals surface area contributed by atoms with Crippen molar-refractivity contribution >= 4 is 24.0 Å². The van der Waals surface area contributed by atoms with Crippen molar-refractivity contribution in [1.82, 2.24) is 0 Å². The Bertz CT molecular complexity index is 776. The molecule has 0 amide bonds. The van der Waals surface area contributed by atoms with Crippen LogP contribution in [0.25, 0.3) is 10.8 Å². The molecule has 0 fully saturated rings. The van der Waals surface area contributed by atoms with E-state index >= 15 is 0 Å². The van der Waals surface area contributed by atoms with Crippen LogP contribution in [-0.4, -0.2) is 12.3 Å². The fourth-order valence-corrected chi connectivity index (χ4v) is 6.66. The van der Waals surface area contributed by atoms with Crippen LogP contribution in [-0.2, 0) is 28.1 Å². The molecule has 3 aromatic rings. The first-order chi connectivity index (χ1) is 13.4. The van der Waals surface area contributed by atoms with Crippen molar-refractivity contribution in [1.29, 1.82) is 0 Å². The van der Waals surface area contributed by atoms with Gasteiger partial charge in [-0.2, -0.15) is 23.3 Å². The SMILES string of the molecule is CC(C)CP(CC(C)C)c1cc2ccccc2[cH-]1.CCCC[c-]1cccc1C.[Cl-].[Cl-].[Ti+4]. The zero-order chi connectivity index (χ0) is 20.5. The fourth-order valence-electron chi connectivity index (χ4n) is 3.68. The van der Waals surface area contributed by atoms with Crippen molar-refractivity contribution in [3.63, 3.8) is 0 Å². The molecule has 0 aliphatic rings. The number of aryl methyl sites for hydroxylation is 2. The van der Waals surface area contributed by atoms with E-state index < -0.39 is 0 Å². The Balaban J connectivity index is 0. The van der Waals surface area contributed by atoms with Gasteiger partial charge in [-0.3, -0.25) is 0 Å². The largest absolute Gasteiger partial charge is 4.00 e. The molecule has 0 heterocycles. The van der Waals surface area contributed by atoms with E-state index in [0.717, 1.165) is 11.8 Å². The van der Waals surface area contributed by atoms with E-state index in [1.54, 1.807) is 5.30 Å². The minimum atomic E-state index is 0. The summed E-state index contributed by atoms with van der Waals surface area (Å²) in [4.78, 5) is 0. The maximum Gasteiger partial charge on any atom is 4.00 e. The van der Waals surface area contributed by atoms with Gasteiger partial charge in [0.05, 0.1) is 0 Å². The Morgan fingerprint density at radius 1 is 0.935 bits per heavy atom. The minimum absolute atomic E-state index is 0. The van der Waals surface area contributed by atoms with Crippen LogP contribution in [0.15, 0.2) is 54.6 Å².